The average Bonchev–Trinajstić information content (AvgIpc) is 2.07. The molecule has 1 saturated heterocycles. The molecule has 0 N–H and O–H groups in total. The van der Waals surface area contributed by atoms with E-state index in [2.05, 4.69) is 25.7 Å². The minimum absolute atomic E-state index is 0.679. The highest BCUT2D eigenvalue weighted by Gasteiger charge is 2.21. The number of rotatable bonds is 3. The zero-order chi connectivity index (χ0) is 8.97. The number of hydrogen-bond donors (Lipinski definition) is 0. The Hall–Kier alpha value is -0.0800. The van der Waals surface area contributed by atoms with Crippen LogP contribution in [0.4, 0.5) is 0 Å². The standard InChI is InChI=1S/C10H21NO/c1-4-11(9(2)3)10-5-7-12-8-6-10/h9-10H,4-8H2,1-3H3. The molecule has 1 rings (SSSR count). The van der Waals surface area contributed by atoms with E-state index in [4.69, 9.17) is 4.74 Å². The first-order valence-corrected chi connectivity index (χ1v) is 5.09. The minimum Gasteiger partial charge on any atom is -0.381 e. The van der Waals surface area contributed by atoms with Gasteiger partial charge in [0.2, 0.25) is 0 Å². The summed E-state index contributed by atoms with van der Waals surface area (Å²) in [5.74, 6) is 0. The summed E-state index contributed by atoms with van der Waals surface area (Å²) in [5.41, 5.74) is 0. The van der Waals surface area contributed by atoms with Gasteiger partial charge in [-0.25, -0.2) is 0 Å². The summed E-state index contributed by atoms with van der Waals surface area (Å²) in [4.78, 5) is 2.57. The summed E-state index contributed by atoms with van der Waals surface area (Å²) >= 11 is 0. The van der Waals surface area contributed by atoms with E-state index in [1.807, 2.05) is 0 Å². The maximum Gasteiger partial charge on any atom is 0.0480 e. The molecule has 0 aromatic rings. The fourth-order valence-corrected chi connectivity index (χ4v) is 2.06. The molecule has 0 amide bonds. The van der Waals surface area contributed by atoms with Crippen LogP contribution < -0.4 is 0 Å². The lowest BCUT2D eigenvalue weighted by atomic mass is 10.1. The number of nitrogens with zero attached hydrogens (tertiary/aromatic N) is 1. The van der Waals surface area contributed by atoms with Crippen LogP contribution in [0.15, 0.2) is 0 Å². The molecule has 0 unspecified atom stereocenters. The molecular weight excluding hydrogens is 150 g/mol. The molecule has 1 aliphatic rings. The molecule has 0 aromatic heterocycles. The van der Waals surface area contributed by atoms with Crippen molar-refractivity contribution in [3.63, 3.8) is 0 Å². The third kappa shape index (κ3) is 2.46. The zero-order valence-electron chi connectivity index (χ0n) is 8.55. The van der Waals surface area contributed by atoms with Crippen LogP contribution in [0, 0.1) is 0 Å². The largest absolute Gasteiger partial charge is 0.381 e. The Morgan fingerprint density at radius 3 is 2.33 bits per heavy atom. The molecule has 0 spiro atoms. The molecule has 1 aliphatic heterocycles. The normalized spacial score (nSPS) is 20.8. The van der Waals surface area contributed by atoms with Crippen LogP contribution in [0.3, 0.4) is 0 Å². The topological polar surface area (TPSA) is 12.5 Å². The van der Waals surface area contributed by atoms with Gasteiger partial charge in [-0.15, -0.1) is 0 Å². The summed E-state index contributed by atoms with van der Waals surface area (Å²) in [7, 11) is 0. The van der Waals surface area contributed by atoms with Crippen molar-refractivity contribution in [3.05, 3.63) is 0 Å². The second-order valence-electron chi connectivity index (χ2n) is 3.77. The molecule has 2 nitrogen and oxygen atoms in total. The van der Waals surface area contributed by atoms with Gasteiger partial charge < -0.3 is 4.74 Å². The van der Waals surface area contributed by atoms with E-state index in [0.717, 1.165) is 19.3 Å². The predicted molar refractivity (Wildman–Crippen MR) is 51.4 cm³/mol. The lowest BCUT2D eigenvalue weighted by molar-refractivity contribution is 0.0248. The van der Waals surface area contributed by atoms with E-state index >= 15 is 0 Å². The van der Waals surface area contributed by atoms with E-state index in [1.165, 1.54) is 19.4 Å². The molecule has 1 heterocycles. The Bertz CT molecular complexity index is 119. The molecule has 0 bridgehead atoms. The summed E-state index contributed by atoms with van der Waals surface area (Å²) in [6, 6.07) is 1.45. The van der Waals surface area contributed by atoms with E-state index in [-0.39, 0.29) is 0 Å². The van der Waals surface area contributed by atoms with Crippen LogP contribution in [0.5, 0.6) is 0 Å². The van der Waals surface area contributed by atoms with Crippen molar-refractivity contribution >= 4 is 0 Å². The number of hydrogen-bond acceptors (Lipinski definition) is 2. The van der Waals surface area contributed by atoms with Crippen molar-refractivity contribution in [2.75, 3.05) is 19.8 Å². The van der Waals surface area contributed by atoms with Gasteiger partial charge in [-0.3, -0.25) is 4.90 Å². The van der Waals surface area contributed by atoms with Crippen LogP contribution >= 0.6 is 0 Å². The van der Waals surface area contributed by atoms with Crippen LogP contribution in [-0.4, -0.2) is 36.7 Å². The molecule has 2 heteroatoms. The van der Waals surface area contributed by atoms with E-state index in [1.54, 1.807) is 0 Å². The van der Waals surface area contributed by atoms with Crippen molar-refractivity contribution < 1.29 is 4.74 Å². The second kappa shape index (κ2) is 4.83. The lowest BCUT2D eigenvalue weighted by Gasteiger charge is -2.36. The molecule has 0 atom stereocenters. The first kappa shape index (κ1) is 10.0. The Labute approximate surface area is 75.9 Å². The fourth-order valence-electron chi connectivity index (χ4n) is 2.06. The molecule has 12 heavy (non-hydrogen) atoms. The van der Waals surface area contributed by atoms with Gasteiger partial charge in [-0.05, 0) is 33.2 Å². The maximum absolute atomic E-state index is 5.35. The number of ether oxygens (including phenoxy) is 1. The average molecular weight is 171 g/mol. The highest BCUT2D eigenvalue weighted by Crippen LogP contribution is 2.16. The Morgan fingerprint density at radius 2 is 1.92 bits per heavy atom. The SMILES string of the molecule is CCN(C(C)C)C1CCOCC1. The van der Waals surface area contributed by atoms with Gasteiger partial charge in [-0.2, -0.15) is 0 Å². The molecule has 0 aliphatic carbocycles. The summed E-state index contributed by atoms with van der Waals surface area (Å²) in [6.07, 6.45) is 2.43. The molecule has 72 valence electrons. The molecule has 1 fully saturated rings. The third-order valence-corrected chi connectivity index (χ3v) is 2.69. The first-order valence-electron chi connectivity index (χ1n) is 5.09. The maximum atomic E-state index is 5.35. The van der Waals surface area contributed by atoms with Gasteiger partial charge in [0.15, 0.2) is 0 Å². The van der Waals surface area contributed by atoms with Gasteiger partial charge in [0.05, 0.1) is 0 Å². The Kier molecular flexibility index (Phi) is 4.02. The van der Waals surface area contributed by atoms with Gasteiger partial charge in [0.25, 0.3) is 0 Å². The van der Waals surface area contributed by atoms with Crippen molar-refractivity contribution in [1.82, 2.24) is 4.90 Å². The van der Waals surface area contributed by atoms with Crippen molar-refractivity contribution in [1.29, 1.82) is 0 Å². The molecule has 0 radical (unpaired) electrons. The first-order chi connectivity index (χ1) is 5.75. The second-order valence-corrected chi connectivity index (χ2v) is 3.77. The Morgan fingerprint density at radius 1 is 1.33 bits per heavy atom. The fraction of sp³-hybridized carbons (Fsp3) is 1.00. The van der Waals surface area contributed by atoms with Crippen molar-refractivity contribution in [2.24, 2.45) is 0 Å². The lowest BCUT2D eigenvalue weighted by Crippen LogP contribution is -2.43. The summed E-state index contributed by atoms with van der Waals surface area (Å²) in [5, 5.41) is 0. The van der Waals surface area contributed by atoms with Crippen LogP contribution in [-0.2, 0) is 4.74 Å². The third-order valence-electron chi connectivity index (χ3n) is 2.69. The highest BCUT2D eigenvalue weighted by molar-refractivity contribution is 4.75. The van der Waals surface area contributed by atoms with Gasteiger partial charge in [0, 0.05) is 25.3 Å². The molecular formula is C10H21NO. The van der Waals surface area contributed by atoms with Crippen molar-refractivity contribution in [2.45, 2.75) is 45.7 Å². The highest BCUT2D eigenvalue weighted by atomic mass is 16.5. The van der Waals surface area contributed by atoms with Gasteiger partial charge in [-0.1, -0.05) is 6.92 Å². The zero-order valence-corrected chi connectivity index (χ0v) is 8.55. The van der Waals surface area contributed by atoms with Gasteiger partial charge in [0.1, 0.15) is 0 Å². The van der Waals surface area contributed by atoms with Crippen molar-refractivity contribution in [3.8, 4) is 0 Å². The predicted octanol–water partition coefficient (Wildman–Crippen LogP) is 1.90. The smallest absolute Gasteiger partial charge is 0.0480 e. The minimum atomic E-state index is 0.679. The van der Waals surface area contributed by atoms with E-state index < -0.39 is 0 Å². The van der Waals surface area contributed by atoms with E-state index in [9.17, 15) is 0 Å². The molecule has 0 saturated carbocycles. The summed E-state index contributed by atoms with van der Waals surface area (Å²) in [6.45, 7) is 9.87. The van der Waals surface area contributed by atoms with Crippen LogP contribution in [0.25, 0.3) is 0 Å². The molecule has 0 aromatic carbocycles. The van der Waals surface area contributed by atoms with Gasteiger partial charge >= 0.3 is 0 Å². The van der Waals surface area contributed by atoms with E-state index in [0.29, 0.717) is 6.04 Å². The van der Waals surface area contributed by atoms with Crippen LogP contribution in [0.2, 0.25) is 0 Å². The monoisotopic (exact) mass is 171 g/mol. The Balaban J connectivity index is 2.40. The summed E-state index contributed by atoms with van der Waals surface area (Å²) < 4.78 is 5.35. The quantitative estimate of drug-likeness (QED) is 0.643. The van der Waals surface area contributed by atoms with Crippen LogP contribution in [0.1, 0.15) is 33.6 Å².